The zero-order valence-electron chi connectivity index (χ0n) is 6.59. The van der Waals surface area contributed by atoms with E-state index in [0.717, 1.165) is 12.8 Å². The van der Waals surface area contributed by atoms with E-state index >= 15 is 0 Å². The summed E-state index contributed by atoms with van der Waals surface area (Å²) in [5, 5.41) is 0. The third kappa shape index (κ3) is 2.78. The van der Waals surface area contributed by atoms with Gasteiger partial charge in [-0.25, -0.2) is 0 Å². The van der Waals surface area contributed by atoms with Gasteiger partial charge >= 0.3 is 0 Å². The van der Waals surface area contributed by atoms with Crippen LogP contribution in [0.2, 0.25) is 0 Å². The molecule has 1 fully saturated rings. The fourth-order valence-electron chi connectivity index (χ4n) is 1.57. The average Bonchev–Trinajstić information content (AvgIpc) is 2.06. The summed E-state index contributed by atoms with van der Waals surface area (Å²) in [6.07, 6.45) is 5.79. The van der Waals surface area contributed by atoms with Crippen molar-refractivity contribution in [3.63, 3.8) is 0 Å². The quantitative estimate of drug-likeness (QED) is 0.397. The maximum Gasteiger partial charge on any atom is 0.137 e. The molecule has 0 N–H and O–H groups in total. The lowest BCUT2D eigenvalue weighted by atomic mass is 9.91. The van der Waals surface area contributed by atoms with Crippen LogP contribution in [0.4, 0.5) is 0 Å². The van der Waals surface area contributed by atoms with Gasteiger partial charge in [-0.1, -0.05) is 64.4 Å². The van der Waals surface area contributed by atoms with E-state index in [1.165, 1.54) is 19.3 Å². The number of halogens is 2. The summed E-state index contributed by atoms with van der Waals surface area (Å²) in [6.45, 7) is 0. The van der Waals surface area contributed by atoms with Crippen molar-refractivity contribution in [3.05, 3.63) is 0 Å². The highest BCUT2D eigenvalue weighted by atomic mass is 127. The molecule has 1 aliphatic carbocycles. The molecule has 1 saturated carbocycles. The van der Waals surface area contributed by atoms with Crippen molar-refractivity contribution in [2.75, 3.05) is 0 Å². The predicted octanol–water partition coefficient (Wildman–Crippen LogP) is 2.97. The minimum absolute atomic E-state index is 0.353. The van der Waals surface area contributed by atoms with E-state index in [1.54, 1.807) is 0 Å². The van der Waals surface area contributed by atoms with Gasteiger partial charge < -0.3 is 4.55 Å². The molecule has 1 aliphatic rings. The van der Waals surface area contributed by atoms with Gasteiger partial charge in [-0.3, -0.25) is 4.21 Å². The predicted molar refractivity (Wildman–Crippen MR) is 66.3 cm³/mol. The third-order valence-electron chi connectivity index (χ3n) is 2.30. The van der Waals surface area contributed by atoms with E-state index in [1.807, 2.05) is 0 Å². The zero-order chi connectivity index (χ0) is 9.19. The van der Waals surface area contributed by atoms with Crippen LogP contribution in [-0.2, 0) is 11.1 Å². The molecule has 72 valence electrons. The van der Waals surface area contributed by atoms with Gasteiger partial charge in [-0.2, -0.15) is 0 Å². The first-order valence-electron chi connectivity index (χ1n) is 4.02. The summed E-state index contributed by atoms with van der Waals surface area (Å²) in [4.78, 5) is 0. The molecule has 5 heteroatoms. The first-order chi connectivity index (χ1) is 5.55. The molecule has 0 bridgehead atoms. The molecule has 2 nitrogen and oxygen atoms in total. The van der Waals surface area contributed by atoms with Crippen LogP contribution in [0.5, 0.6) is 0 Å². The molecule has 0 aromatic heterocycles. The highest BCUT2D eigenvalue weighted by molar-refractivity contribution is 14.2. The van der Waals surface area contributed by atoms with Gasteiger partial charge in [-0.15, -0.1) is 0 Å². The van der Waals surface area contributed by atoms with Crippen LogP contribution in [0.15, 0.2) is 0 Å². The second-order valence-corrected chi connectivity index (χ2v) is 11.2. The fourth-order valence-corrected chi connectivity index (χ4v) is 3.33. The standard InChI is InChI=1S/C7H12I2O2S/c8-7(9,12(10)11)6-4-2-1-3-5-6/h6H,1-5H2,(H,10,11)/p-1. The van der Waals surface area contributed by atoms with Crippen molar-refractivity contribution in [3.8, 4) is 0 Å². The SMILES string of the molecule is O=S([O-])C(I)(I)C1CCCCC1. The molecular weight excluding hydrogens is 402 g/mol. The Morgan fingerprint density at radius 1 is 1.25 bits per heavy atom. The molecule has 1 atom stereocenters. The van der Waals surface area contributed by atoms with Crippen LogP contribution in [0.3, 0.4) is 0 Å². The Morgan fingerprint density at radius 3 is 2.17 bits per heavy atom. The van der Waals surface area contributed by atoms with E-state index in [0.29, 0.717) is 5.92 Å². The van der Waals surface area contributed by atoms with Crippen molar-refractivity contribution < 1.29 is 8.76 Å². The lowest BCUT2D eigenvalue weighted by Crippen LogP contribution is -2.30. The summed E-state index contributed by atoms with van der Waals surface area (Å²) in [6, 6.07) is 0. The number of alkyl halides is 2. The molecule has 0 amide bonds. The van der Waals surface area contributed by atoms with Crippen LogP contribution < -0.4 is 0 Å². The van der Waals surface area contributed by atoms with Gasteiger partial charge in [0.15, 0.2) is 0 Å². The Bertz CT molecular complexity index is 178. The monoisotopic (exact) mass is 413 g/mol. The van der Waals surface area contributed by atoms with E-state index < -0.39 is 11.8 Å². The van der Waals surface area contributed by atoms with Crippen LogP contribution >= 0.6 is 45.2 Å². The van der Waals surface area contributed by atoms with E-state index in [2.05, 4.69) is 45.2 Å². The van der Waals surface area contributed by atoms with Gasteiger partial charge in [0.1, 0.15) is 0.760 Å². The second-order valence-electron chi connectivity index (χ2n) is 3.13. The lowest BCUT2D eigenvalue weighted by molar-refractivity contribution is 0.371. The Morgan fingerprint density at radius 2 is 1.75 bits per heavy atom. The van der Waals surface area contributed by atoms with E-state index in [9.17, 15) is 8.76 Å². The Kier molecular flexibility index (Phi) is 4.73. The van der Waals surface area contributed by atoms with Gasteiger partial charge in [0, 0.05) is 0 Å². The summed E-state index contributed by atoms with van der Waals surface area (Å²) in [7, 11) is 0. The summed E-state index contributed by atoms with van der Waals surface area (Å²) in [5.74, 6) is 0.353. The summed E-state index contributed by atoms with van der Waals surface area (Å²) >= 11 is 2.17. The Hall–Kier alpha value is 1.57. The average molecular weight is 413 g/mol. The van der Waals surface area contributed by atoms with Gasteiger partial charge in [0.25, 0.3) is 0 Å². The van der Waals surface area contributed by atoms with Gasteiger partial charge in [-0.05, 0) is 29.8 Å². The first-order valence-corrected chi connectivity index (χ1v) is 7.25. The number of hydrogen-bond donors (Lipinski definition) is 0. The highest BCUT2D eigenvalue weighted by Gasteiger charge is 2.35. The smallest absolute Gasteiger partial charge is 0.137 e. The van der Waals surface area contributed by atoms with Crippen LogP contribution in [0, 0.1) is 5.92 Å². The van der Waals surface area contributed by atoms with E-state index in [-0.39, 0.29) is 0 Å². The van der Waals surface area contributed by atoms with Gasteiger partial charge in [0.2, 0.25) is 0 Å². The molecule has 0 radical (unpaired) electrons. The van der Waals surface area contributed by atoms with Crippen molar-refractivity contribution in [1.82, 2.24) is 0 Å². The molecule has 12 heavy (non-hydrogen) atoms. The molecule has 0 spiro atoms. The first kappa shape index (κ1) is 11.6. The van der Waals surface area contributed by atoms with Crippen LogP contribution in [-0.4, -0.2) is 9.52 Å². The van der Waals surface area contributed by atoms with Crippen molar-refractivity contribution in [1.29, 1.82) is 0 Å². The molecule has 1 unspecified atom stereocenters. The van der Waals surface area contributed by atoms with Crippen LogP contribution in [0.25, 0.3) is 0 Å². The van der Waals surface area contributed by atoms with Crippen molar-refractivity contribution in [2.24, 2.45) is 5.92 Å². The Balaban J connectivity index is 2.59. The molecule has 1 rings (SSSR count). The molecule has 0 saturated heterocycles. The maximum absolute atomic E-state index is 10.9. The van der Waals surface area contributed by atoms with E-state index in [4.69, 9.17) is 0 Å². The number of rotatable bonds is 2. The van der Waals surface area contributed by atoms with Crippen LogP contribution in [0.1, 0.15) is 32.1 Å². The summed E-state index contributed by atoms with van der Waals surface area (Å²) in [5.41, 5.74) is 0. The molecule has 0 aromatic carbocycles. The number of hydrogen-bond acceptors (Lipinski definition) is 2. The molecule has 0 aromatic rings. The lowest BCUT2D eigenvalue weighted by Gasteiger charge is -2.35. The minimum Gasteiger partial charge on any atom is -0.771 e. The summed E-state index contributed by atoms with van der Waals surface area (Å²) < 4.78 is 21.2. The van der Waals surface area contributed by atoms with Crippen molar-refractivity contribution >= 4 is 56.3 Å². The van der Waals surface area contributed by atoms with Gasteiger partial charge in [0.05, 0.1) is 0 Å². The topological polar surface area (TPSA) is 40.1 Å². The Labute approximate surface area is 103 Å². The normalized spacial score (nSPS) is 23.9. The van der Waals surface area contributed by atoms with Crippen molar-refractivity contribution in [2.45, 2.75) is 32.9 Å². The fraction of sp³-hybridized carbons (Fsp3) is 1.00. The largest absolute Gasteiger partial charge is 0.771 e. The molecule has 0 heterocycles. The molecule has 0 aliphatic heterocycles. The third-order valence-corrected chi connectivity index (χ3v) is 7.00. The maximum atomic E-state index is 10.9. The minimum atomic E-state index is -1.95. The molecular formula is C7H11I2O2S-. The second kappa shape index (κ2) is 4.88. The highest BCUT2D eigenvalue weighted by Crippen LogP contribution is 2.45. The zero-order valence-corrected chi connectivity index (χ0v) is 11.7.